The summed E-state index contributed by atoms with van der Waals surface area (Å²) in [5.74, 6) is 3.88. The number of benzene rings is 14. The van der Waals surface area contributed by atoms with Crippen LogP contribution in [0.4, 0.5) is 0 Å². The molecule has 0 atom stereocenters. The Kier molecular flexibility index (Phi) is 16.9. The van der Waals surface area contributed by atoms with Gasteiger partial charge in [0.25, 0.3) is 0 Å². The third kappa shape index (κ3) is 12.6. The molecule has 0 unspecified atom stereocenters. The maximum Gasteiger partial charge on any atom is 0.164 e. The number of rotatable bonds is 11. The molecule has 105 heavy (non-hydrogen) atoms. The topological polar surface area (TPSA) is 108 Å². The van der Waals surface area contributed by atoms with Crippen LogP contribution in [0.1, 0.15) is 0 Å². The molecule has 1 N–H and O–H groups in total. The predicted molar refractivity (Wildman–Crippen MR) is 435 cm³/mol. The number of hydrogen-bond acceptors (Lipinski definition) is 6. The van der Waals surface area contributed by atoms with Gasteiger partial charge in [-0.25, -0.2) is 29.9 Å². The Morgan fingerprint density at radius 2 is 0.590 bits per heavy atom. The Balaban J connectivity index is 0.000000130. The van der Waals surface area contributed by atoms with Crippen LogP contribution >= 0.6 is 15.9 Å². The first-order chi connectivity index (χ1) is 52.0. The molecule has 0 amide bonds. The van der Waals surface area contributed by atoms with Gasteiger partial charge in [-0.3, -0.25) is 0 Å². The van der Waals surface area contributed by atoms with Gasteiger partial charge in [0.2, 0.25) is 0 Å². The summed E-state index contributed by atoms with van der Waals surface area (Å²) in [5, 5.41) is 7.32. The van der Waals surface area contributed by atoms with E-state index in [1.54, 1.807) is 0 Å². The molecule has 0 saturated carbocycles. The van der Waals surface area contributed by atoms with E-state index in [9.17, 15) is 0 Å². The second kappa shape index (κ2) is 28.0. The van der Waals surface area contributed by atoms with Crippen molar-refractivity contribution in [3.05, 3.63) is 381 Å². The van der Waals surface area contributed by atoms with Crippen LogP contribution in [-0.4, -0.2) is 48.6 Å². The fourth-order valence-corrected chi connectivity index (χ4v) is 14.6. The number of aromatic nitrogens is 10. The summed E-state index contributed by atoms with van der Waals surface area (Å²) in [6.45, 7) is 0. The van der Waals surface area contributed by atoms with Crippen molar-refractivity contribution in [1.82, 2.24) is 48.6 Å². The fourth-order valence-electron chi connectivity index (χ4n) is 14.2. The molecule has 0 radical (unpaired) electrons. The van der Waals surface area contributed by atoms with Gasteiger partial charge in [0.05, 0.1) is 27.6 Å². The van der Waals surface area contributed by atoms with Gasteiger partial charge in [-0.2, -0.15) is 0 Å². The molecule has 14 aromatic carbocycles. The Hall–Kier alpha value is -13.7. The van der Waals surface area contributed by atoms with Crippen molar-refractivity contribution in [3.8, 4) is 108 Å². The lowest BCUT2D eigenvalue weighted by Crippen LogP contribution is -2.01. The second-order valence-electron chi connectivity index (χ2n) is 25.7. The monoisotopic (exact) mass is 1410 g/mol. The highest BCUT2D eigenvalue weighted by molar-refractivity contribution is 9.10. The number of halogens is 1. The van der Waals surface area contributed by atoms with Crippen molar-refractivity contribution >= 4 is 81.3 Å². The lowest BCUT2D eigenvalue weighted by molar-refractivity contribution is 1.07. The van der Waals surface area contributed by atoms with Gasteiger partial charge in [-0.1, -0.05) is 295 Å². The molecule has 11 heteroatoms. The minimum atomic E-state index is 0.631. The quantitative estimate of drug-likeness (QED) is 0.138. The Bertz CT molecular complexity index is 6420. The maximum atomic E-state index is 4.99. The minimum Gasteiger partial charge on any atom is -0.354 e. The average molecular weight is 1410 g/mol. The smallest absolute Gasteiger partial charge is 0.164 e. The fraction of sp³-hybridized carbons (Fsp3) is 0. The van der Waals surface area contributed by atoms with Crippen molar-refractivity contribution in [2.75, 3.05) is 0 Å². The van der Waals surface area contributed by atoms with Crippen molar-refractivity contribution in [3.63, 3.8) is 0 Å². The largest absolute Gasteiger partial charge is 0.354 e. The zero-order valence-electron chi connectivity index (χ0n) is 56.7. The normalized spacial score (nSPS) is 11.3. The molecule has 10 nitrogen and oxygen atoms in total. The van der Waals surface area contributed by atoms with E-state index in [0.717, 1.165) is 77.0 Å². The van der Waals surface area contributed by atoms with E-state index < -0.39 is 0 Å². The SMILES string of the molecule is Brc1cccc(-c2ccccc2)c1.c1ccc(-c2cccc(-n3c4ccccc4c4ccc5c(ccn5-c5cccc(-c6nc(-c7ccccc7)nc(-c7ccccc7)n6)c5)c43)c2)cc1.c1ccc(-c2nc(-c3ccccc3)nc(-c3cccc(-n4ccc5c6[nH]c7ccccc7c6ccc54)c3)n2)cc1. The molecule has 0 aliphatic heterocycles. The summed E-state index contributed by atoms with van der Waals surface area (Å²) in [7, 11) is 0. The molecule has 496 valence electrons. The van der Waals surface area contributed by atoms with Gasteiger partial charge in [-0.05, 0) is 107 Å². The molecule has 0 saturated heterocycles. The van der Waals surface area contributed by atoms with Crippen LogP contribution in [-0.2, 0) is 0 Å². The van der Waals surface area contributed by atoms with Gasteiger partial charge in [0, 0.05) is 105 Å². The molecule has 6 aromatic heterocycles. The Labute approximate surface area is 614 Å². The zero-order chi connectivity index (χ0) is 70.0. The summed E-state index contributed by atoms with van der Waals surface area (Å²) in [4.78, 5) is 33.1. The standard InChI is InChI=1S/C47H31N5.C35H23N5.C12H9Br/c1-4-14-32(15-5-1)35-20-12-23-38(30-35)52-43-25-11-10-24-39(43)40-26-27-42-41(44(40)52)28-29-51(42)37-22-13-21-36(31-37)47-49-45(33-16-6-2-7-17-33)48-46(50-47)34-18-8-3-9-19-34;1-3-10-23(11-4-1)33-37-34(24-12-5-2-6-13-24)39-35(38-33)25-14-9-15-26(22-25)40-21-20-29-31(40)19-18-28-27-16-7-8-17-30(27)36-32(28)29;13-12-8-4-7-11(9-12)10-5-2-1-3-6-10/h1-31H;1-22,36H;1-9H. The number of para-hydroxylation sites is 2. The van der Waals surface area contributed by atoms with Gasteiger partial charge < -0.3 is 18.7 Å². The van der Waals surface area contributed by atoms with Crippen LogP contribution in [0, 0.1) is 0 Å². The van der Waals surface area contributed by atoms with Crippen LogP contribution in [0.2, 0.25) is 0 Å². The zero-order valence-corrected chi connectivity index (χ0v) is 58.3. The highest BCUT2D eigenvalue weighted by Crippen LogP contribution is 2.40. The molecular formula is C94H63BrN10. The molecule has 0 aliphatic carbocycles. The van der Waals surface area contributed by atoms with Crippen LogP contribution in [0.15, 0.2) is 381 Å². The first kappa shape index (κ1) is 63.4. The molecule has 0 bridgehead atoms. The van der Waals surface area contributed by atoms with E-state index in [0.29, 0.717) is 34.9 Å². The summed E-state index contributed by atoms with van der Waals surface area (Å²) >= 11 is 3.46. The third-order valence-corrected chi connectivity index (χ3v) is 19.7. The number of fused-ring (bicyclic) bond motifs is 10. The van der Waals surface area contributed by atoms with E-state index >= 15 is 0 Å². The van der Waals surface area contributed by atoms with Crippen molar-refractivity contribution in [1.29, 1.82) is 0 Å². The van der Waals surface area contributed by atoms with E-state index in [1.165, 1.54) is 65.6 Å². The lowest BCUT2D eigenvalue weighted by Gasteiger charge is -2.12. The number of hydrogen-bond donors (Lipinski definition) is 1. The first-order valence-electron chi connectivity index (χ1n) is 34.9. The molecule has 6 heterocycles. The van der Waals surface area contributed by atoms with Crippen molar-refractivity contribution in [2.24, 2.45) is 0 Å². The van der Waals surface area contributed by atoms with E-state index in [2.05, 4.69) is 271 Å². The highest BCUT2D eigenvalue weighted by Gasteiger charge is 2.21. The minimum absolute atomic E-state index is 0.631. The molecular weight excluding hydrogens is 1350 g/mol. The van der Waals surface area contributed by atoms with Gasteiger partial charge in [0.1, 0.15) is 0 Å². The number of H-pyrrole nitrogens is 1. The number of aromatic amines is 1. The van der Waals surface area contributed by atoms with Crippen LogP contribution < -0.4 is 0 Å². The Morgan fingerprint density at radius 1 is 0.229 bits per heavy atom. The van der Waals surface area contributed by atoms with Crippen LogP contribution in [0.3, 0.4) is 0 Å². The number of nitrogens with one attached hydrogen (secondary N) is 1. The predicted octanol–water partition coefficient (Wildman–Crippen LogP) is 24.1. The Morgan fingerprint density at radius 3 is 1.09 bits per heavy atom. The summed E-state index contributed by atoms with van der Waals surface area (Å²) in [6, 6.07) is 126. The summed E-state index contributed by atoms with van der Waals surface area (Å²) in [5.41, 5.74) is 20.7. The molecule has 0 aliphatic rings. The van der Waals surface area contributed by atoms with Crippen molar-refractivity contribution in [2.45, 2.75) is 0 Å². The summed E-state index contributed by atoms with van der Waals surface area (Å²) < 4.78 is 8.02. The second-order valence-corrected chi connectivity index (χ2v) is 26.6. The summed E-state index contributed by atoms with van der Waals surface area (Å²) in [6.07, 6.45) is 4.30. The maximum absolute atomic E-state index is 4.99. The molecule has 20 aromatic rings. The van der Waals surface area contributed by atoms with Gasteiger partial charge in [0.15, 0.2) is 34.9 Å². The highest BCUT2D eigenvalue weighted by atomic mass is 79.9. The van der Waals surface area contributed by atoms with Gasteiger partial charge >= 0.3 is 0 Å². The van der Waals surface area contributed by atoms with E-state index in [4.69, 9.17) is 29.9 Å². The first-order valence-corrected chi connectivity index (χ1v) is 35.7. The van der Waals surface area contributed by atoms with E-state index in [1.807, 2.05) is 140 Å². The van der Waals surface area contributed by atoms with Crippen LogP contribution in [0.25, 0.3) is 173 Å². The van der Waals surface area contributed by atoms with Crippen LogP contribution in [0.5, 0.6) is 0 Å². The molecule has 0 fully saturated rings. The van der Waals surface area contributed by atoms with E-state index in [-0.39, 0.29) is 0 Å². The van der Waals surface area contributed by atoms with Crippen molar-refractivity contribution < 1.29 is 0 Å². The lowest BCUT2D eigenvalue weighted by atomic mass is 10.1. The van der Waals surface area contributed by atoms with Gasteiger partial charge in [-0.15, -0.1) is 0 Å². The molecule has 20 rings (SSSR count). The molecule has 0 spiro atoms. The number of nitrogens with zero attached hydrogens (tertiary/aromatic N) is 9. The average Bonchev–Trinajstić information content (AvgIpc) is 1.58. The third-order valence-electron chi connectivity index (χ3n) is 19.2.